The Hall–Kier alpha value is -1.06. The second kappa shape index (κ2) is 7.01. The fourth-order valence-electron chi connectivity index (χ4n) is 4.02. The Morgan fingerprint density at radius 2 is 2.05 bits per heavy atom. The number of hydrogen-bond donors (Lipinski definition) is 1. The van der Waals surface area contributed by atoms with Gasteiger partial charge in [-0.1, -0.05) is 30.5 Å². The molecule has 2 atom stereocenters. The molecule has 0 radical (unpaired) electrons. The number of rotatable bonds is 3. The van der Waals surface area contributed by atoms with Gasteiger partial charge in [-0.3, -0.25) is 9.69 Å². The van der Waals surface area contributed by atoms with E-state index in [1.54, 1.807) is 0 Å². The van der Waals surface area contributed by atoms with Crippen LogP contribution >= 0.6 is 11.6 Å². The molecule has 3 nitrogen and oxygen atoms in total. The van der Waals surface area contributed by atoms with Gasteiger partial charge in [-0.25, -0.2) is 0 Å². The van der Waals surface area contributed by atoms with Gasteiger partial charge in [0.1, 0.15) is 0 Å². The van der Waals surface area contributed by atoms with Crippen molar-refractivity contribution in [3.63, 3.8) is 0 Å². The molecule has 1 N–H and O–H groups in total. The van der Waals surface area contributed by atoms with Crippen molar-refractivity contribution in [3.8, 4) is 0 Å². The van der Waals surface area contributed by atoms with Crippen LogP contribution in [0, 0.1) is 12.8 Å². The summed E-state index contributed by atoms with van der Waals surface area (Å²) in [6, 6.07) is 6.35. The molecule has 0 spiro atoms. The minimum Gasteiger partial charge on any atom is -0.324 e. The van der Waals surface area contributed by atoms with Crippen molar-refractivity contribution in [2.45, 2.75) is 51.5 Å². The molecule has 1 aliphatic carbocycles. The van der Waals surface area contributed by atoms with Crippen molar-refractivity contribution in [1.82, 2.24) is 4.90 Å². The van der Waals surface area contributed by atoms with Crippen molar-refractivity contribution in [1.29, 1.82) is 0 Å². The summed E-state index contributed by atoms with van der Waals surface area (Å²) in [5.41, 5.74) is 1.82. The molecule has 2 aliphatic rings. The summed E-state index contributed by atoms with van der Waals surface area (Å²) < 4.78 is 0. The minimum atomic E-state index is 0.0528. The van der Waals surface area contributed by atoms with E-state index in [0.29, 0.717) is 17.6 Å². The number of nitrogens with zero attached hydrogens (tertiary/aromatic N) is 1. The molecule has 3 rings (SSSR count). The first-order valence-corrected chi connectivity index (χ1v) is 8.81. The Labute approximate surface area is 138 Å². The molecule has 1 amide bonds. The third kappa shape index (κ3) is 3.64. The molecule has 0 unspecified atom stereocenters. The highest BCUT2D eigenvalue weighted by molar-refractivity contribution is 6.33. The van der Waals surface area contributed by atoms with Gasteiger partial charge in [-0.15, -0.1) is 0 Å². The van der Waals surface area contributed by atoms with Crippen LogP contribution in [0.15, 0.2) is 18.2 Å². The van der Waals surface area contributed by atoms with Crippen LogP contribution in [-0.4, -0.2) is 29.9 Å². The van der Waals surface area contributed by atoms with Crippen LogP contribution in [0.25, 0.3) is 0 Å². The van der Waals surface area contributed by atoms with E-state index in [0.717, 1.165) is 23.7 Å². The third-order valence-corrected chi connectivity index (χ3v) is 5.42. The van der Waals surface area contributed by atoms with Crippen molar-refractivity contribution in [2.24, 2.45) is 5.92 Å². The number of hydrogen-bond acceptors (Lipinski definition) is 2. The van der Waals surface area contributed by atoms with Gasteiger partial charge in [-0.05, 0) is 62.8 Å². The zero-order valence-electron chi connectivity index (χ0n) is 13.3. The number of fused-ring (bicyclic) bond motifs is 1. The largest absolute Gasteiger partial charge is 0.324 e. The maximum absolute atomic E-state index is 12.4. The Kier molecular flexibility index (Phi) is 5.04. The second-order valence-electron chi connectivity index (χ2n) is 6.76. The maximum Gasteiger partial charge on any atom is 0.238 e. The molecule has 1 aromatic carbocycles. The van der Waals surface area contributed by atoms with E-state index >= 15 is 0 Å². The summed E-state index contributed by atoms with van der Waals surface area (Å²) in [5, 5.41) is 3.58. The number of amides is 1. The molecule has 4 heteroatoms. The standard InChI is InChI=1S/C18H25ClN2O/c1-13-8-9-16(15(19)11-13)20-18(22)12-21-10-4-6-14-5-2-3-7-17(14)21/h8-9,11,14,17H,2-7,10,12H2,1H3,(H,20,22)/t14-,17+/m1/s1. The van der Waals surface area contributed by atoms with Crippen LogP contribution in [0.5, 0.6) is 0 Å². The Bertz CT molecular complexity index is 544. The van der Waals surface area contributed by atoms with E-state index in [4.69, 9.17) is 11.6 Å². The molecule has 1 aromatic rings. The molecule has 1 saturated heterocycles. The number of piperidine rings is 1. The summed E-state index contributed by atoms with van der Waals surface area (Å²) in [6.07, 6.45) is 7.82. The van der Waals surface area contributed by atoms with Crippen LogP contribution in [0.3, 0.4) is 0 Å². The van der Waals surface area contributed by atoms with E-state index in [9.17, 15) is 4.79 Å². The highest BCUT2D eigenvalue weighted by Gasteiger charge is 2.33. The summed E-state index contributed by atoms with van der Waals surface area (Å²) in [5.74, 6) is 0.857. The monoisotopic (exact) mass is 320 g/mol. The van der Waals surface area contributed by atoms with Crippen LogP contribution < -0.4 is 5.32 Å². The lowest BCUT2D eigenvalue weighted by Gasteiger charge is -2.43. The lowest BCUT2D eigenvalue weighted by Crippen LogP contribution is -2.49. The van der Waals surface area contributed by atoms with E-state index in [2.05, 4.69) is 10.2 Å². The van der Waals surface area contributed by atoms with Crippen LogP contribution in [0.2, 0.25) is 5.02 Å². The van der Waals surface area contributed by atoms with Gasteiger partial charge in [0.25, 0.3) is 0 Å². The molecular weight excluding hydrogens is 296 g/mol. The SMILES string of the molecule is Cc1ccc(NC(=O)CN2CCC[C@H]3CCCC[C@@H]32)c(Cl)c1. The molecule has 2 fully saturated rings. The molecule has 1 saturated carbocycles. The molecule has 1 heterocycles. The fraction of sp³-hybridized carbons (Fsp3) is 0.611. The first-order chi connectivity index (χ1) is 10.6. The Balaban J connectivity index is 1.61. The van der Waals surface area contributed by atoms with E-state index in [1.165, 1.54) is 38.5 Å². The Morgan fingerprint density at radius 1 is 1.27 bits per heavy atom. The number of carbonyl (C=O) groups excluding carboxylic acids is 1. The van der Waals surface area contributed by atoms with E-state index in [1.807, 2.05) is 25.1 Å². The average molecular weight is 321 g/mol. The zero-order chi connectivity index (χ0) is 15.5. The van der Waals surface area contributed by atoms with Gasteiger partial charge in [0.2, 0.25) is 5.91 Å². The van der Waals surface area contributed by atoms with Gasteiger partial charge < -0.3 is 5.32 Å². The number of anilines is 1. The molecule has 120 valence electrons. The van der Waals surface area contributed by atoms with Gasteiger partial charge in [0.05, 0.1) is 17.3 Å². The minimum absolute atomic E-state index is 0.0528. The summed E-state index contributed by atoms with van der Waals surface area (Å²) in [4.78, 5) is 14.8. The number of carbonyl (C=O) groups is 1. The third-order valence-electron chi connectivity index (χ3n) is 5.10. The molecule has 1 aliphatic heterocycles. The fourth-order valence-corrected chi connectivity index (χ4v) is 4.30. The average Bonchev–Trinajstić information content (AvgIpc) is 2.50. The normalized spacial score (nSPS) is 25.5. The van der Waals surface area contributed by atoms with Crippen molar-refractivity contribution >= 4 is 23.2 Å². The number of likely N-dealkylation sites (tertiary alicyclic amines) is 1. The van der Waals surface area contributed by atoms with Crippen LogP contribution in [0.4, 0.5) is 5.69 Å². The van der Waals surface area contributed by atoms with E-state index < -0.39 is 0 Å². The lowest BCUT2D eigenvalue weighted by atomic mass is 9.78. The first kappa shape index (κ1) is 15.8. The van der Waals surface area contributed by atoms with Gasteiger partial charge >= 0.3 is 0 Å². The number of halogens is 1. The highest BCUT2D eigenvalue weighted by Crippen LogP contribution is 2.35. The van der Waals surface area contributed by atoms with Gasteiger partial charge in [-0.2, -0.15) is 0 Å². The predicted octanol–water partition coefficient (Wildman–Crippen LogP) is 4.24. The Morgan fingerprint density at radius 3 is 2.86 bits per heavy atom. The van der Waals surface area contributed by atoms with Gasteiger partial charge in [0, 0.05) is 6.04 Å². The van der Waals surface area contributed by atoms with E-state index in [-0.39, 0.29) is 5.91 Å². The van der Waals surface area contributed by atoms with Gasteiger partial charge in [0.15, 0.2) is 0 Å². The van der Waals surface area contributed by atoms with Crippen molar-refractivity contribution < 1.29 is 4.79 Å². The highest BCUT2D eigenvalue weighted by atomic mass is 35.5. The van der Waals surface area contributed by atoms with Crippen LogP contribution in [-0.2, 0) is 4.79 Å². The topological polar surface area (TPSA) is 32.3 Å². The summed E-state index contributed by atoms with van der Waals surface area (Å²) in [7, 11) is 0. The lowest BCUT2D eigenvalue weighted by molar-refractivity contribution is -0.118. The maximum atomic E-state index is 12.4. The van der Waals surface area contributed by atoms with Crippen LogP contribution in [0.1, 0.15) is 44.1 Å². The quantitative estimate of drug-likeness (QED) is 0.903. The first-order valence-electron chi connectivity index (χ1n) is 8.43. The number of aryl methyl sites for hydroxylation is 1. The molecule has 0 aromatic heterocycles. The number of nitrogens with one attached hydrogen (secondary N) is 1. The smallest absolute Gasteiger partial charge is 0.238 e. The zero-order valence-corrected chi connectivity index (χ0v) is 14.0. The summed E-state index contributed by atoms with van der Waals surface area (Å²) >= 11 is 6.20. The second-order valence-corrected chi connectivity index (χ2v) is 7.16. The predicted molar refractivity (Wildman–Crippen MR) is 91.4 cm³/mol. The summed E-state index contributed by atoms with van der Waals surface area (Å²) in [6.45, 7) is 3.54. The molecular formula is C18H25ClN2O. The van der Waals surface area contributed by atoms with Crippen molar-refractivity contribution in [3.05, 3.63) is 28.8 Å². The number of benzene rings is 1. The van der Waals surface area contributed by atoms with Crippen molar-refractivity contribution in [2.75, 3.05) is 18.4 Å². The molecule has 0 bridgehead atoms. The molecule has 22 heavy (non-hydrogen) atoms.